The molecule has 8 nitrogen and oxygen atoms in total. The molecule has 0 N–H and O–H groups in total. The van der Waals surface area contributed by atoms with Crippen molar-refractivity contribution in [2.45, 2.75) is 85.5 Å². The summed E-state index contributed by atoms with van der Waals surface area (Å²) in [7, 11) is 0. The van der Waals surface area contributed by atoms with Crippen molar-refractivity contribution in [2.24, 2.45) is 4.99 Å². The molecule has 0 radical (unpaired) electrons. The molecule has 0 fully saturated rings. The molecule has 0 saturated heterocycles. The van der Waals surface area contributed by atoms with Crippen LogP contribution in [0.1, 0.15) is 68.0 Å². The Balaban J connectivity index is 3.30. The number of rotatable bonds is 2. The lowest BCUT2D eigenvalue weighted by Gasteiger charge is -2.21. The maximum absolute atomic E-state index is 12.7. The normalized spacial score (nSPS) is 13.2. The van der Waals surface area contributed by atoms with E-state index in [1.807, 2.05) is 0 Å². The number of nitrogens with zero attached hydrogens (tertiary/aromatic N) is 2. The third-order valence-electron chi connectivity index (χ3n) is 2.68. The zero-order valence-corrected chi connectivity index (χ0v) is 18.9. The van der Waals surface area contributed by atoms with Crippen LogP contribution in [0.3, 0.4) is 0 Å². The van der Waals surface area contributed by atoms with Crippen LogP contribution in [0.25, 0.3) is 0 Å². The molecule has 0 aliphatic carbocycles. The third-order valence-corrected chi connectivity index (χ3v) is 3.56. The molecule has 0 spiro atoms. The molecule has 1 rings (SSSR count). The summed E-state index contributed by atoms with van der Waals surface area (Å²) in [4.78, 5) is 40.9. The number of esters is 1. The molecule has 9 heteroatoms. The lowest BCUT2D eigenvalue weighted by atomic mass is 10.2. The molecule has 1 amide bonds. The first-order valence-corrected chi connectivity index (χ1v) is 9.77. The van der Waals surface area contributed by atoms with Gasteiger partial charge in [-0.1, -0.05) is 0 Å². The fraction of sp³-hybridized carbons (Fsp3) is 0.684. The fourth-order valence-electron chi connectivity index (χ4n) is 1.94. The molecule has 1 aromatic heterocycles. The summed E-state index contributed by atoms with van der Waals surface area (Å²) in [6.45, 7) is 15.6. The lowest BCUT2D eigenvalue weighted by Crippen LogP contribution is -2.34. The van der Waals surface area contributed by atoms with Gasteiger partial charge in [-0.05, 0) is 62.3 Å². The summed E-state index contributed by atoms with van der Waals surface area (Å²) in [6, 6.07) is 0. The van der Waals surface area contributed by atoms with Crippen LogP contribution in [0.4, 0.5) is 9.59 Å². The van der Waals surface area contributed by atoms with E-state index in [0.717, 1.165) is 15.9 Å². The van der Waals surface area contributed by atoms with Crippen molar-refractivity contribution in [1.82, 2.24) is 4.57 Å². The van der Waals surface area contributed by atoms with Gasteiger partial charge in [-0.2, -0.15) is 0 Å². The van der Waals surface area contributed by atoms with E-state index in [1.54, 1.807) is 67.7 Å². The zero-order valence-electron chi connectivity index (χ0n) is 18.0. The van der Waals surface area contributed by atoms with Gasteiger partial charge in [0.1, 0.15) is 16.8 Å². The minimum atomic E-state index is -0.838. The van der Waals surface area contributed by atoms with E-state index in [9.17, 15) is 14.4 Å². The van der Waals surface area contributed by atoms with Gasteiger partial charge in [-0.15, -0.1) is 16.3 Å². The second-order valence-corrected chi connectivity index (χ2v) is 10.0. The van der Waals surface area contributed by atoms with Crippen LogP contribution >= 0.6 is 11.3 Å². The zero-order chi connectivity index (χ0) is 21.9. The molecular weight excluding hydrogens is 384 g/mol. The molecule has 0 aromatic carbocycles. The van der Waals surface area contributed by atoms with Crippen LogP contribution in [0.15, 0.2) is 10.4 Å². The van der Waals surface area contributed by atoms with Crippen LogP contribution < -0.4 is 4.80 Å². The molecule has 0 saturated carbocycles. The molecule has 1 aromatic rings. The number of aromatic nitrogens is 1. The summed E-state index contributed by atoms with van der Waals surface area (Å²) < 4.78 is 17.0. The second kappa shape index (κ2) is 8.46. The van der Waals surface area contributed by atoms with E-state index in [0.29, 0.717) is 5.69 Å². The van der Waals surface area contributed by atoms with Gasteiger partial charge in [-0.25, -0.2) is 14.2 Å². The molecule has 0 unspecified atom stereocenters. The minimum absolute atomic E-state index is 0.0575. The molecule has 0 bridgehead atoms. The molecule has 1 heterocycles. The molecule has 0 aliphatic rings. The van der Waals surface area contributed by atoms with Gasteiger partial charge in [0, 0.05) is 5.38 Å². The Bertz CT molecular complexity index is 800. The van der Waals surface area contributed by atoms with Crippen molar-refractivity contribution < 1.29 is 28.6 Å². The molecule has 0 atom stereocenters. The van der Waals surface area contributed by atoms with Crippen LogP contribution in [0.2, 0.25) is 0 Å². The highest BCUT2D eigenvalue weighted by molar-refractivity contribution is 7.07. The standard InChI is InChI=1S/C19H30N2O6S/c1-17(2,3)25-13(22)10-12-11-28-14(20-15(23)26-18(4,5)6)21(12)16(24)27-19(7,8)9/h11H,10H2,1-9H3/b20-14-. The third kappa shape index (κ3) is 8.69. The smallest absolute Gasteiger partial charge is 0.436 e. The maximum Gasteiger partial charge on any atom is 0.436 e. The highest BCUT2D eigenvalue weighted by atomic mass is 32.1. The van der Waals surface area contributed by atoms with Gasteiger partial charge in [0.25, 0.3) is 0 Å². The van der Waals surface area contributed by atoms with Crippen LogP contribution in [0.5, 0.6) is 0 Å². The lowest BCUT2D eigenvalue weighted by molar-refractivity contribution is -0.154. The Kier molecular flexibility index (Phi) is 7.22. The number of carbonyl (C=O) groups excluding carboxylic acids is 3. The number of carbonyl (C=O) groups is 3. The van der Waals surface area contributed by atoms with Crippen molar-refractivity contribution >= 4 is 29.5 Å². The number of hydrogen-bond donors (Lipinski definition) is 0. The first-order valence-electron chi connectivity index (χ1n) is 8.89. The number of amides is 1. The Morgan fingerprint density at radius 3 is 1.86 bits per heavy atom. The predicted molar refractivity (Wildman–Crippen MR) is 105 cm³/mol. The average Bonchev–Trinajstić information content (AvgIpc) is 2.74. The Morgan fingerprint density at radius 1 is 0.893 bits per heavy atom. The highest BCUT2D eigenvalue weighted by Gasteiger charge is 2.25. The monoisotopic (exact) mass is 414 g/mol. The quantitative estimate of drug-likeness (QED) is 0.535. The summed E-state index contributed by atoms with van der Waals surface area (Å²) in [5.41, 5.74) is -1.84. The van der Waals surface area contributed by atoms with Crippen LogP contribution in [-0.4, -0.2) is 39.5 Å². The Hall–Kier alpha value is -2.16. The van der Waals surface area contributed by atoms with Gasteiger partial charge in [0.2, 0.25) is 4.80 Å². The number of ether oxygens (including phenoxy) is 3. The van der Waals surface area contributed by atoms with Crippen molar-refractivity contribution in [2.75, 3.05) is 0 Å². The Morgan fingerprint density at radius 2 is 1.39 bits per heavy atom. The van der Waals surface area contributed by atoms with Gasteiger partial charge in [-0.3, -0.25) is 4.79 Å². The maximum atomic E-state index is 12.7. The fourth-order valence-corrected chi connectivity index (χ4v) is 2.79. The van der Waals surface area contributed by atoms with E-state index in [1.165, 1.54) is 0 Å². The first kappa shape index (κ1) is 23.9. The van der Waals surface area contributed by atoms with Crippen LogP contribution in [-0.2, 0) is 25.4 Å². The van der Waals surface area contributed by atoms with E-state index in [2.05, 4.69) is 4.99 Å². The second-order valence-electron chi connectivity index (χ2n) is 9.18. The summed E-state index contributed by atoms with van der Waals surface area (Å²) >= 11 is 1.03. The largest absolute Gasteiger partial charge is 0.460 e. The molecule has 158 valence electrons. The van der Waals surface area contributed by atoms with Crippen molar-refractivity contribution in [3.05, 3.63) is 15.9 Å². The van der Waals surface area contributed by atoms with E-state index >= 15 is 0 Å². The predicted octanol–water partition coefficient (Wildman–Crippen LogP) is 4.05. The van der Waals surface area contributed by atoms with Gasteiger partial charge in [0.15, 0.2) is 0 Å². The van der Waals surface area contributed by atoms with Gasteiger partial charge < -0.3 is 14.2 Å². The Labute approximate surface area is 169 Å². The number of hydrogen-bond acceptors (Lipinski definition) is 7. The molecular formula is C19H30N2O6S. The van der Waals surface area contributed by atoms with Crippen molar-refractivity contribution in [3.8, 4) is 0 Å². The van der Waals surface area contributed by atoms with Crippen molar-refractivity contribution in [3.63, 3.8) is 0 Å². The highest BCUT2D eigenvalue weighted by Crippen LogP contribution is 2.14. The van der Waals surface area contributed by atoms with Crippen molar-refractivity contribution in [1.29, 1.82) is 0 Å². The summed E-state index contributed by atoms with van der Waals surface area (Å²) in [5, 5.41) is 1.57. The molecule has 28 heavy (non-hydrogen) atoms. The SMILES string of the molecule is CC(C)(C)OC(=O)Cc1cs/c(=N\C(=O)OC(C)(C)C)n1C(=O)OC(C)(C)C. The topological polar surface area (TPSA) is 96.2 Å². The van der Waals surface area contributed by atoms with E-state index in [-0.39, 0.29) is 11.2 Å². The number of thiazole rings is 1. The summed E-state index contributed by atoms with van der Waals surface area (Å²) in [5.74, 6) is -0.508. The van der Waals surface area contributed by atoms with E-state index < -0.39 is 35.0 Å². The van der Waals surface area contributed by atoms with Gasteiger partial charge in [0.05, 0.1) is 12.1 Å². The van der Waals surface area contributed by atoms with Crippen LogP contribution in [0, 0.1) is 0 Å². The first-order chi connectivity index (χ1) is 12.5. The molecule has 0 aliphatic heterocycles. The van der Waals surface area contributed by atoms with E-state index in [4.69, 9.17) is 14.2 Å². The average molecular weight is 415 g/mol. The summed E-state index contributed by atoms with van der Waals surface area (Å²) in [6.07, 6.45) is -1.75. The van der Waals surface area contributed by atoms with Gasteiger partial charge >= 0.3 is 18.2 Å². The minimum Gasteiger partial charge on any atom is -0.460 e.